The lowest BCUT2D eigenvalue weighted by Crippen LogP contribution is -2.19. The third-order valence-corrected chi connectivity index (χ3v) is 3.41. The van der Waals surface area contributed by atoms with Crippen molar-refractivity contribution in [1.29, 1.82) is 0 Å². The predicted octanol–water partition coefficient (Wildman–Crippen LogP) is 2.58. The van der Waals surface area contributed by atoms with Crippen molar-refractivity contribution < 1.29 is 4.74 Å². The monoisotopic (exact) mass is 251 g/mol. The minimum Gasteiger partial charge on any atom is -0.493 e. The topological polar surface area (TPSA) is 53.1 Å². The van der Waals surface area contributed by atoms with E-state index in [4.69, 9.17) is 10.5 Å². The molecular formula is C12H17N3OS. The molecule has 2 N–H and O–H groups in total. The maximum absolute atomic E-state index is 6.29. The SMILES string of the molecule is COc1cnn(C(C)C)c1C(N)c1ccsc1. The Kier molecular flexibility index (Phi) is 3.49. The normalized spacial score (nSPS) is 13.0. The van der Waals surface area contributed by atoms with Crippen molar-refractivity contribution in [2.45, 2.75) is 25.9 Å². The largest absolute Gasteiger partial charge is 0.493 e. The minimum atomic E-state index is -0.193. The van der Waals surface area contributed by atoms with Crippen LogP contribution >= 0.6 is 11.3 Å². The molecule has 17 heavy (non-hydrogen) atoms. The molecule has 92 valence electrons. The number of rotatable bonds is 4. The summed E-state index contributed by atoms with van der Waals surface area (Å²) >= 11 is 1.64. The van der Waals surface area contributed by atoms with Gasteiger partial charge in [-0.15, -0.1) is 0 Å². The summed E-state index contributed by atoms with van der Waals surface area (Å²) in [7, 11) is 1.64. The maximum Gasteiger partial charge on any atom is 0.161 e. The van der Waals surface area contributed by atoms with Gasteiger partial charge < -0.3 is 10.5 Å². The Labute approximate surface area is 105 Å². The van der Waals surface area contributed by atoms with Crippen molar-refractivity contribution in [2.75, 3.05) is 7.11 Å². The zero-order valence-corrected chi connectivity index (χ0v) is 11.1. The van der Waals surface area contributed by atoms with Gasteiger partial charge in [-0.05, 0) is 36.2 Å². The molecule has 2 heterocycles. The summed E-state index contributed by atoms with van der Waals surface area (Å²) < 4.78 is 7.25. The highest BCUT2D eigenvalue weighted by molar-refractivity contribution is 7.08. The van der Waals surface area contributed by atoms with E-state index < -0.39 is 0 Å². The Balaban J connectivity index is 2.45. The van der Waals surface area contributed by atoms with E-state index in [0.717, 1.165) is 17.0 Å². The molecule has 0 amide bonds. The van der Waals surface area contributed by atoms with Crippen LogP contribution in [0.15, 0.2) is 23.0 Å². The number of hydrogen-bond donors (Lipinski definition) is 1. The first kappa shape index (κ1) is 12.1. The van der Waals surface area contributed by atoms with Crippen LogP contribution in [0.4, 0.5) is 0 Å². The molecule has 0 spiro atoms. The highest BCUT2D eigenvalue weighted by Crippen LogP contribution is 2.30. The molecule has 1 unspecified atom stereocenters. The third kappa shape index (κ3) is 2.21. The van der Waals surface area contributed by atoms with Crippen molar-refractivity contribution in [3.8, 4) is 5.75 Å². The van der Waals surface area contributed by atoms with E-state index in [1.54, 1.807) is 24.6 Å². The molecule has 4 nitrogen and oxygen atoms in total. The third-order valence-electron chi connectivity index (χ3n) is 2.70. The van der Waals surface area contributed by atoms with Crippen LogP contribution in [0.2, 0.25) is 0 Å². The van der Waals surface area contributed by atoms with Crippen LogP contribution in [-0.2, 0) is 0 Å². The van der Waals surface area contributed by atoms with Gasteiger partial charge in [0.1, 0.15) is 5.69 Å². The first-order chi connectivity index (χ1) is 8.15. The van der Waals surface area contributed by atoms with Crippen LogP contribution < -0.4 is 10.5 Å². The van der Waals surface area contributed by atoms with Gasteiger partial charge in [-0.25, -0.2) is 0 Å². The number of nitrogens with two attached hydrogens (primary N) is 1. The van der Waals surface area contributed by atoms with Gasteiger partial charge in [-0.1, -0.05) is 0 Å². The van der Waals surface area contributed by atoms with Crippen molar-refractivity contribution in [3.05, 3.63) is 34.3 Å². The van der Waals surface area contributed by atoms with E-state index in [0.29, 0.717) is 0 Å². The van der Waals surface area contributed by atoms with E-state index in [1.807, 2.05) is 16.1 Å². The van der Waals surface area contributed by atoms with Gasteiger partial charge in [0.15, 0.2) is 5.75 Å². The van der Waals surface area contributed by atoms with Crippen LogP contribution in [0.5, 0.6) is 5.75 Å². The van der Waals surface area contributed by atoms with Crippen LogP contribution in [0, 0.1) is 0 Å². The van der Waals surface area contributed by atoms with E-state index in [2.05, 4.69) is 24.3 Å². The molecule has 2 aromatic rings. The number of ether oxygens (including phenoxy) is 1. The van der Waals surface area contributed by atoms with Crippen molar-refractivity contribution in [3.63, 3.8) is 0 Å². The average Bonchev–Trinajstić information content (AvgIpc) is 2.96. The van der Waals surface area contributed by atoms with Gasteiger partial charge in [0.2, 0.25) is 0 Å². The van der Waals surface area contributed by atoms with E-state index in [-0.39, 0.29) is 12.1 Å². The highest BCUT2D eigenvalue weighted by Gasteiger charge is 2.21. The average molecular weight is 251 g/mol. The fraction of sp³-hybridized carbons (Fsp3) is 0.417. The zero-order chi connectivity index (χ0) is 12.4. The number of nitrogens with zero attached hydrogens (tertiary/aromatic N) is 2. The van der Waals surface area contributed by atoms with E-state index in [1.165, 1.54) is 0 Å². The van der Waals surface area contributed by atoms with E-state index in [9.17, 15) is 0 Å². The molecule has 0 saturated carbocycles. The lowest BCUT2D eigenvalue weighted by atomic mass is 10.1. The summed E-state index contributed by atoms with van der Waals surface area (Å²) in [5, 5.41) is 8.42. The summed E-state index contributed by atoms with van der Waals surface area (Å²) in [5.41, 5.74) is 8.31. The lowest BCUT2D eigenvalue weighted by molar-refractivity contribution is 0.401. The van der Waals surface area contributed by atoms with Crippen molar-refractivity contribution >= 4 is 11.3 Å². The summed E-state index contributed by atoms with van der Waals surface area (Å²) in [6.07, 6.45) is 1.72. The zero-order valence-electron chi connectivity index (χ0n) is 10.3. The van der Waals surface area contributed by atoms with Crippen LogP contribution in [0.25, 0.3) is 0 Å². The van der Waals surface area contributed by atoms with Crippen LogP contribution in [-0.4, -0.2) is 16.9 Å². The van der Waals surface area contributed by atoms with Crippen LogP contribution in [0.1, 0.15) is 37.2 Å². The Morgan fingerprint density at radius 1 is 1.47 bits per heavy atom. The Morgan fingerprint density at radius 2 is 2.24 bits per heavy atom. The molecule has 0 bridgehead atoms. The molecule has 0 aromatic carbocycles. The Hall–Kier alpha value is -1.33. The quantitative estimate of drug-likeness (QED) is 0.908. The predicted molar refractivity (Wildman–Crippen MR) is 69.5 cm³/mol. The Morgan fingerprint density at radius 3 is 2.76 bits per heavy atom. The fourth-order valence-electron chi connectivity index (χ4n) is 1.83. The molecule has 1 atom stereocenters. The molecule has 2 rings (SSSR count). The Bertz CT molecular complexity index is 476. The molecule has 2 aromatic heterocycles. The minimum absolute atomic E-state index is 0.193. The van der Waals surface area contributed by atoms with Crippen molar-refractivity contribution in [1.82, 2.24) is 9.78 Å². The number of hydrogen-bond acceptors (Lipinski definition) is 4. The smallest absolute Gasteiger partial charge is 0.161 e. The highest BCUT2D eigenvalue weighted by atomic mass is 32.1. The molecule has 0 aliphatic rings. The molecule has 0 aliphatic heterocycles. The molecule has 0 aliphatic carbocycles. The summed E-state index contributed by atoms with van der Waals surface area (Å²) in [5.74, 6) is 0.748. The fourth-order valence-corrected chi connectivity index (χ4v) is 2.53. The molecule has 5 heteroatoms. The summed E-state index contributed by atoms with van der Waals surface area (Å²) in [6.45, 7) is 4.16. The summed E-state index contributed by atoms with van der Waals surface area (Å²) in [6, 6.07) is 2.10. The van der Waals surface area contributed by atoms with Gasteiger partial charge in [-0.3, -0.25) is 4.68 Å². The number of aromatic nitrogens is 2. The van der Waals surface area contributed by atoms with Gasteiger partial charge >= 0.3 is 0 Å². The lowest BCUT2D eigenvalue weighted by Gasteiger charge is -2.17. The van der Waals surface area contributed by atoms with E-state index >= 15 is 0 Å². The van der Waals surface area contributed by atoms with Gasteiger partial charge in [0, 0.05) is 6.04 Å². The van der Waals surface area contributed by atoms with Crippen LogP contribution in [0.3, 0.4) is 0 Å². The molecular weight excluding hydrogens is 234 g/mol. The second-order valence-electron chi connectivity index (χ2n) is 4.17. The second kappa shape index (κ2) is 4.89. The molecule has 0 saturated heterocycles. The first-order valence-electron chi connectivity index (χ1n) is 5.54. The second-order valence-corrected chi connectivity index (χ2v) is 4.95. The maximum atomic E-state index is 6.29. The molecule has 0 fully saturated rings. The molecule has 0 radical (unpaired) electrons. The number of thiophene rings is 1. The number of methoxy groups -OCH3 is 1. The van der Waals surface area contributed by atoms with Crippen molar-refractivity contribution in [2.24, 2.45) is 5.73 Å². The standard InChI is InChI=1S/C12H17N3OS/c1-8(2)15-12(10(16-3)6-14-15)11(13)9-4-5-17-7-9/h4-8,11H,13H2,1-3H3. The van der Waals surface area contributed by atoms with Gasteiger partial charge in [0.25, 0.3) is 0 Å². The van der Waals surface area contributed by atoms with Gasteiger partial charge in [0.05, 0.1) is 19.3 Å². The summed E-state index contributed by atoms with van der Waals surface area (Å²) in [4.78, 5) is 0. The first-order valence-corrected chi connectivity index (χ1v) is 6.48. The van der Waals surface area contributed by atoms with Gasteiger partial charge in [-0.2, -0.15) is 16.4 Å².